The second-order valence-corrected chi connectivity index (χ2v) is 9.16. The molecule has 2 aromatic carbocycles. The van der Waals surface area contributed by atoms with Gasteiger partial charge in [-0.1, -0.05) is 68.1 Å². The lowest BCUT2D eigenvalue weighted by Gasteiger charge is -2.29. The van der Waals surface area contributed by atoms with Gasteiger partial charge in [0.2, 0.25) is 5.91 Å². The Hall–Kier alpha value is -2.61. The molecule has 1 atom stereocenters. The summed E-state index contributed by atoms with van der Waals surface area (Å²) in [5, 5.41) is 15.6. The smallest absolute Gasteiger partial charge is 0.326 e. The Bertz CT molecular complexity index is 1000. The lowest BCUT2D eigenvalue weighted by molar-refractivity contribution is -0.144. The van der Waals surface area contributed by atoms with Crippen molar-refractivity contribution in [2.45, 2.75) is 58.4 Å². The maximum Gasteiger partial charge on any atom is 0.326 e. The molecule has 0 bridgehead atoms. The minimum absolute atomic E-state index is 0.115. The number of amides is 2. The van der Waals surface area contributed by atoms with Crippen LogP contribution in [0.4, 0.5) is 5.69 Å². The standard InChI is InChI=1S/C24H27Cl2N3O4.C2H6/c25-17-4-3-5-18(26)20(17)21(30)28-16-8-6-15(7-9-16)14-19(22(31)32)29-23(33)24(12-13-27)10-1-2-11-24;1-2/h3-9,19H,1-2,10-14,27H2,(H,28,30)(H,29,33)(H,31,32);1-2H3. The molecule has 0 heterocycles. The van der Waals surface area contributed by atoms with Crippen LogP contribution < -0.4 is 16.4 Å². The van der Waals surface area contributed by atoms with Gasteiger partial charge in [0.1, 0.15) is 6.04 Å². The number of halogens is 2. The molecule has 5 N–H and O–H groups in total. The van der Waals surface area contributed by atoms with Crippen molar-refractivity contribution in [3.8, 4) is 0 Å². The number of carboxylic acids is 1. The molecule has 0 radical (unpaired) electrons. The zero-order valence-electron chi connectivity index (χ0n) is 20.1. The summed E-state index contributed by atoms with van der Waals surface area (Å²) in [6, 6.07) is 10.5. The molecule has 1 fully saturated rings. The van der Waals surface area contributed by atoms with E-state index in [-0.39, 0.29) is 27.9 Å². The summed E-state index contributed by atoms with van der Waals surface area (Å²) in [7, 11) is 0. The molecule has 35 heavy (non-hydrogen) atoms. The average molecular weight is 522 g/mol. The van der Waals surface area contributed by atoms with Crippen LogP contribution >= 0.6 is 23.2 Å². The van der Waals surface area contributed by atoms with Crippen molar-refractivity contribution in [1.29, 1.82) is 0 Å². The predicted octanol–water partition coefficient (Wildman–Crippen LogP) is 5.29. The van der Waals surface area contributed by atoms with E-state index in [1.165, 1.54) is 0 Å². The molecule has 9 heteroatoms. The number of benzene rings is 2. The first kappa shape index (κ1) is 28.6. The van der Waals surface area contributed by atoms with Crippen LogP contribution in [-0.4, -0.2) is 35.5 Å². The number of carbonyl (C=O) groups is 3. The highest BCUT2D eigenvalue weighted by molar-refractivity contribution is 6.40. The molecular formula is C26H33Cl2N3O4. The van der Waals surface area contributed by atoms with Crippen LogP contribution in [-0.2, 0) is 16.0 Å². The van der Waals surface area contributed by atoms with E-state index in [9.17, 15) is 19.5 Å². The highest BCUT2D eigenvalue weighted by atomic mass is 35.5. The Balaban J connectivity index is 0.00000210. The topological polar surface area (TPSA) is 122 Å². The van der Waals surface area contributed by atoms with Crippen molar-refractivity contribution in [2.24, 2.45) is 11.1 Å². The van der Waals surface area contributed by atoms with Gasteiger partial charge in [-0.25, -0.2) is 4.79 Å². The maximum absolute atomic E-state index is 12.9. The van der Waals surface area contributed by atoms with Gasteiger partial charge in [0.25, 0.3) is 5.91 Å². The Morgan fingerprint density at radius 1 is 1.03 bits per heavy atom. The third kappa shape index (κ3) is 7.43. The normalized spacial score (nSPS) is 14.9. The van der Waals surface area contributed by atoms with Crippen LogP contribution in [0.25, 0.3) is 0 Å². The van der Waals surface area contributed by atoms with E-state index < -0.39 is 23.3 Å². The molecule has 190 valence electrons. The Labute approximate surface area is 216 Å². The zero-order chi connectivity index (χ0) is 26.0. The van der Waals surface area contributed by atoms with Crippen LogP contribution in [0.15, 0.2) is 42.5 Å². The van der Waals surface area contributed by atoms with E-state index in [1.807, 2.05) is 13.8 Å². The number of hydrogen-bond acceptors (Lipinski definition) is 4. The van der Waals surface area contributed by atoms with Crippen molar-refractivity contribution in [3.05, 3.63) is 63.6 Å². The van der Waals surface area contributed by atoms with E-state index in [1.54, 1.807) is 42.5 Å². The molecule has 1 saturated carbocycles. The minimum Gasteiger partial charge on any atom is -0.480 e. The molecule has 2 aromatic rings. The number of aliphatic carboxylic acids is 1. The summed E-state index contributed by atoms with van der Waals surface area (Å²) < 4.78 is 0. The summed E-state index contributed by atoms with van der Waals surface area (Å²) in [6.07, 6.45) is 4.01. The summed E-state index contributed by atoms with van der Waals surface area (Å²) in [5.74, 6) is -1.79. The van der Waals surface area contributed by atoms with E-state index >= 15 is 0 Å². The third-order valence-corrected chi connectivity index (χ3v) is 6.74. The molecule has 0 spiro atoms. The summed E-state index contributed by atoms with van der Waals surface area (Å²) in [6.45, 7) is 4.39. The molecule has 0 saturated heterocycles. The number of carbonyl (C=O) groups excluding carboxylic acids is 2. The van der Waals surface area contributed by atoms with Crippen molar-refractivity contribution >= 4 is 46.7 Å². The van der Waals surface area contributed by atoms with Gasteiger partial charge in [-0.2, -0.15) is 0 Å². The second-order valence-electron chi connectivity index (χ2n) is 8.34. The molecule has 7 nitrogen and oxygen atoms in total. The average Bonchev–Trinajstić information content (AvgIpc) is 3.31. The molecule has 3 rings (SSSR count). The van der Waals surface area contributed by atoms with Gasteiger partial charge in [-0.05, 0) is 55.6 Å². The van der Waals surface area contributed by atoms with Crippen molar-refractivity contribution in [1.82, 2.24) is 5.32 Å². The molecule has 2 amide bonds. The lowest BCUT2D eigenvalue weighted by atomic mass is 9.81. The van der Waals surface area contributed by atoms with Crippen LogP contribution in [0, 0.1) is 5.41 Å². The van der Waals surface area contributed by atoms with E-state index in [0.717, 1.165) is 25.7 Å². The highest BCUT2D eigenvalue weighted by Gasteiger charge is 2.41. The number of carboxylic acid groups (broad SMARTS) is 1. The van der Waals surface area contributed by atoms with E-state index in [4.69, 9.17) is 28.9 Å². The molecule has 1 unspecified atom stereocenters. The van der Waals surface area contributed by atoms with Gasteiger partial charge in [0, 0.05) is 12.1 Å². The van der Waals surface area contributed by atoms with Gasteiger partial charge in [0.15, 0.2) is 0 Å². The maximum atomic E-state index is 12.9. The fourth-order valence-corrected chi connectivity index (χ4v) is 4.87. The Morgan fingerprint density at radius 3 is 2.11 bits per heavy atom. The highest BCUT2D eigenvalue weighted by Crippen LogP contribution is 2.41. The molecule has 1 aliphatic carbocycles. The first-order valence-corrected chi connectivity index (χ1v) is 12.6. The van der Waals surface area contributed by atoms with E-state index in [0.29, 0.717) is 24.2 Å². The van der Waals surface area contributed by atoms with Gasteiger partial charge < -0.3 is 21.5 Å². The van der Waals surface area contributed by atoms with Crippen molar-refractivity contribution < 1.29 is 19.5 Å². The fraction of sp³-hybridized carbons (Fsp3) is 0.423. The van der Waals surface area contributed by atoms with Crippen LogP contribution in [0.1, 0.15) is 61.9 Å². The summed E-state index contributed by atoms with van der Waals surface area (Å²) in [4.78, 5) is 37.3. The summed E-state index contributed by atoms with van der Waals surface area (Å²) in [5.41, 5.74) is 6.52. The zero-order valence-corrected chi connectivity index (χ0v) is 21.6. The van der Waals surface area contributed by atoms with Crippen LogP contribution in [0.5, 0.6) is 0 Å². The summed E-state index contributed by atoms with van der Waals surface area (Å²) >= 11 is 12.2. The second kappa shape index (κ2) is 13.5. The lowest BCUT2D eigenvalue weighted by Crippen LogP contribution is -2.49. The fourth-order valence-electron chi connectivity index (χ4n) is 4.30. The third-order valence-electron chi connectivity index (χ3n) is 6.11. The molecule has 1 aliphatic rings. The van der Waals surface area contributed by atoms with E-state index in [2.05, 4.69) is 10.6 Å². The Kier molecular flexibility index (Phi) is 11.0. The molecular weight excluding hydrogens is 489 g/mol. The number of hydrogen-bond donors (Lipinski definition) is 4. The van der Waals surface area contributed by atoms with Gasteiger partial charge >= 0.3 is 5.97 Å². The SMILES string of the molecule is CC.NCCC1(C(=O)NC(Cc2ccc(NC(=O)c3c(Cl)cccc3Cl)cc2)C(=O)O)CCCC1. The predicted molar refractivity (Wildman–Crippen MR) is 140 cm³/mol. The number of rotatable bonds is 9. The number of nitrogens with one attached hydrogen (secondary N) is 2. The quantitative estimate of drug-likeness (QED) is 0.357. The number of anilines is 1. The van der Waals surface area contributed by atoms with Gasteiger partial charge in [0.05, 0.1) is 21.0 Å². The minimum atomic E-state index is -1.10. The van der Waals surface area contributed by atoms with Crippen molar-refractivity contribution in [3.63, 3.8) is 0 Å². The van der Waals surface area contributed by atoms with Crippen molar-refractivity contribution in [2.75, 3.05) is 11.9 Å². The van der Waals surface area contributed by atoms with Gasteiger partial charge in [-0.3, -0.25) is 9.59 Å². The largest absolute Gasteiger partial charge is 0.480 e. The molecule has 0 aliphatic heterocycles. The Morgan fingerprint density at radius 2 is 1.60 bits per heavy atom. The number of nitrogens with two attached hydrogens (primary N) is 1. The van der Waals surface area contributed by atoms with Gasteiger partial charge in [-0.15, -0.1) is 0 Å². The first-order valence-electron chi connectivity index (χ1n) is 11.8. The molecule has 0 aromatic heterocycles. The monoisotopic (exact) mass is 521 g/mol. The first-order chi connectivity index (χ1) is 16.8. The van der Waals surface area contributed by atoms with Crippen LogP contribution in [0.3, 0.4) is 0 Å². The van der Waals surface area contributed by atoms with Crippen LogP contribution in [0.2, 0.25) is 10.0 Å².